The van der Waals surface area contributed by atoms with Crippen LogP contribution in [0.4, 0.5) is 0 Å². The molecule has 0 bridgehead atoms. The Hall–Kier alpha value is -1.63. The van der Waals surface area contributed by atoms with E-state index in [4.69, 9.17) is 14.1 Å². The molecule has 0 unspecified atom stereocenters. The number of hydrogen-bond donors (Lipinski definition) is 1. The highest BCUT2D eigenvalue weighted by Gasteiger charge is 2.25. The third-order valence-electron chi connectivity index (χ3n) is 4.18. The zero-order valence-corrected chi connectivity index (χ0v) is 16.0. The van der Waals surface area contributed by atoms with E-state index in [2.05, 4.69) is 47.6 Å². The fourth-order valence-electron chi connectivity index (χ4n) is 2.97. The van der Waals surface area contributed by atoms with Crippen molar-refractivity contribution in [1.82, 2.24) is 10.2 Å². The van der Waals surface area contributed by atoms with Gasteiger partial charge in [-0.05, 0) is 44.4 Å². The smallest absolute Gasteiger partial charge is 0.138 e. The fraction of sp³-hybridized carbons (Fsp3) is 0.526. The predicted octanol–water partition coefficient (Wildman–Crippen LogP) is 3.47. The maximum Gasteiger partial charge on any atom is 0.138 e. The Morgan fingerprint density at radius 2 is 2.08 bits per heavy atom. The number of aryl methyl sites for hydroxylation is 1. The third kappa shape index (κ3) is 4.93. The van der Waals surface area contributed by atoms with Crippen molar-refractivity contribution in [2.24, 2.45) is 4.99 Å². The van der Waals surface area contributed by atoms with Crippen molar-refractivity contribution in [3.63, 3.8) is 0 Å². The van der Waals surface area contributed by atoms with Crippen LogP contribution in [-0.4, -0.2) is 49.6 Å². The van der Waals surface area contributed by atoms with Crippen LogP contribution >= 0.6 is 11.3 Å². The number of amidine groups is 1. The number of nitrogens with zero attached hydrogens (tertiary/aromatic N) is 2. The summed E-state index contributed by atoms with van der Waals surface area (Å²) in [4.78, 5) is 8.52. The average molecular weight is 362 g/mol. The first-order chi connectivity index (χ1) is 12.1. The summed E-state index contributed by atoms with van der Waals surface area (Å²) < 4.78 is 11.4. The number of furan rings is 1. The zero-order chi connectivity index (χ0) is 17.6. The van der Waals surface area contributed by atoms with Gasteiger partial charge in [-0.1, -0.05) is 6.07 Å². The molecular formula is C19H27N3O2S. The molecule has 3 rings (SSSR count). The van der Waals surface area contributed by atoms with Gasteiger partial charge in [0.2, 0.25) is 0 Å². The van der Waals surface area contributed by atoms with Crippen LogP contribution < -0.4 is 5.32 Å². The molecule has 0 saturated carbocycles. The van der Waals surface area contributed by atoms with Gasteiger partial charge >= 0.3 is 0 Å². The summed E-state index contributed by atoms with van der Waals surface area (Å²) in [6.45, 7) is 10.3. The van der Waals surface area contributed by atoms with Gasteiger partial charge in [0.25, 0.3) is 0 Å². The number of aliphatic imine (C=N–C) groups is 1. The Morgan fingerprint density at radius 3 is 2.68 bits per heavy atom. The molecule has 0 aliphatic carbocycles. The second kappa shape index (κ2) is 8.65. The first-order valence-corrected chi connectivity index (χ1v) is 9.74. The highest BCUT2D eigenvalue weighted by atomic mass is 32.1. The average Bonchev–Trinajstić information content (AvgIpc) is 3.27. The lowest BCUT2D eigenvalue weighted by molar-refractivity contribution is 0.0135. The molecule has 6 heteroatoms. The lowest BCUT2D eigenvalue weighted by Gasteiger charge is -2.32. The van der Waals surface area contributed by atoms with Gasteiger partial charge in [-0.3, -0.25) is 9.89 Å². The van der Waals surface area contributed by atoms with E-state index in [9.17, 15) is 0 Å². The van der Waals surface area contributed by atoms with E-state index in [-0.39, 0.29) is 6.04 Å². The Kier molecular flexibility index (Phi) is 6.29. The summed E-state index contributed by atoms with van der Waals surface area (Å²) in [7, 11) is 0. The molecule has 1 fully saturated rings. The monoisotopic (exact) mass is 361 g/mol. The van der Waals surface area contributed by atoms with Crippen LogP contribution in [0.5, 0.6) is 0 Å². The molecule has 2 aromatic rings. The van der Waals surface area contributed by atoms with Crippen LogP contribution in [0.25, 0.3) is 0 Å². The summed E-state index contributed by atoms with van der Waals surface area (Å²) in [5, 5.41) is 5.57. The Balaban J connectivity index is 1.82. The molecule has 1 atom stereocenters. The van der Waals surface area contributed by atoms with Gasteiger partial charge in [-0.25, -0.2) is 0 Å². The van der Waals surface area contributed by atoms with Gasteiger partial charge in [-0.2, -0.15) is 0 Å². The number of rotatable bonds is 6. The first kappa shape index (κ1) is 18.2. The maximum atomic E-state index is 5.93. The van der Waals surface area contributed by atoms with E-state index >= 15 is 0 Å². The third-order valence-corrected chi connectivity index (χ3v) is 5.05. The van der Waals surface area contributed by atoms with E-state index in [1.807, 2.05) is 13.0 Å². The number of hydrogen-bond acceptors (Lipinski definition) is 5. The van der Waals surface area contributed by atoms with Gasteiger partial charge < -0.3 is 14.5 Å². The normalized spacial score (nSPS) is 17.8. The second-order valence-corrected chi connectivity index (χ2v) is 7.53. The lowest BCUT2D eigenvalue weighted by Crippen LogP contribution is -2.40. The van der Waals surface area contributed by atoms with Gasteiger partial charge in [-0.15, -0.1) is 11.3 Å². The fourth-order valence-corrected chi connectivity index (χ4v) is 3.66. The number of thiophene rings is 1. The molecule has 1 saturated heterocycles. The quantitative estimate of drug-likeness (QED) is 0.632. The molecule has 25 heavy (non-hydrogen) atoms. The van der Waals surface area contributed by atoms with Gasteiger partial charge in [0.1, 0.15) is 17.4 Å². The van der Waals surface area contributed by atoms with Crippen LogP contribution in [0, 0.1) is 6.92 Å². The molecule has 2 aromatic heterocycles. The van der Waals surface area contributed by atoms with E-state index in [1.165, 1.54) is 4.88 Å². The van der Waals surface area contributed by atoms with Crippen LogP contribution in [0.3, 0.4) is 0 Å². The minimum atomic E-state index is 0.140. The first-order valence-electron chi connectivity index (χ1n) is 8.86. The molecule has 5 nitrogen and oxygen atoms in total. The van der Waals surface area contributed by atoms with Crippen LogP contribution in [0.1, 0.15) is 36.3 Å². The molecule has 1 N–H and O–H groups in total. The summed E-state index contributed by atoms with van der Waals surface area (Å²) >= 11 is 1.71. The summed E-state index contributed by atoms with van der Waals surface area (Å²) in [5.41, 5.74) is 0. The van der Waals surface area contributed by atoms with Gasteiger partial charge in [0.15, 0.2) is 0 Å². The highest BCUT2D eigenvalue weighted by molar-refractivity contribution is 7.12. The number of morpholine rings is 1. The largest absolute Gasteiger partial charge is 0.465 e. The van der Waals surface area contributed by atoms with Crippen molar-refractivity contribution >= 4 is 17.2 Å². The van der Waals surface area contributed by atoms with Gasteiger partial charge in [0, 0.05) is 19.1 Å². The molecule has 0 amide bonds. The molecular weight excluding hydrogens is 334 g/mol. The minimum Gasteiger partial charge on any atom is -0.465 e. The second-order valence-electron chi connectivity index (χ2n) is 6.58. The molecule has 1 aliphatic heterocycles. The predicted molar refractivity (Wildman–Crippen MR) is 103 cm³/mol. The maximum absolute atomic E-state index is 5.93. The summed E-state index contributed by atoms with van der Waals surface area (Å²) in [6, 6.07) is 8.76. The molecule has 0 spiro atoms. The lowest BCUT2D eigenvalue weighted by atomic mass is 10.1. The Bertz CT molecular complexity index is 673. The van der Waals surface area contributed by atoms with Crippen molar-refractivity contribution in [3.8, 4) is 0 Å². The van der Waals surface area contributed by atoms with E-state index < -0.39 is 0 Å². The SMILES string of the molecule is Cc1ccc([C@@H](CN=C(NC(C)C)c2cccs2)N2CCOCC2)o1. The topological polar surface area (TPSA) is 50.0 Å². The minimum absolute atomic E-state index is 0.140. The molecule has 0 radical (unpaired) electrons. The summed E-state index contributed by atoms with van der Waals surface area (Å²) in [5.74, 6) is 2.89. The molecule has 0 aromatic carbocycles. The van der Waals surface area contributed by atoms with Crippen molar-refractivity contribution in [2.45, 2.75) is 32.9 Å². The highest BCUT2D eigenvalue weighted by Crippen LogP contribution is 2.24. The van der Waals surface area contributed by atoms with E-state index in [0.717, 1.165) is 43.7 Å². The number of nitrogens with one attached hydrogen (secondary N) is 1. The van der Waals surface area contributed by atoms with Crippen LogP contribution in [0.15, 0.2) is 39.1 Å². The molecule has 3 heterocycles. The Labute approximate surface area is 153 Å². The molecule has 1 aliphatic rings. The van der Waals surface area contributed by atoms with Crippen molar-refractivity contribution in [3.05, 3.63) is 46.0 Å². The summed E-state index contributed by atoms with van der Waals surface area (Å²) in [6.07, 6.45) is 0. The van der Waals surface area contributed by atoms with E-state index in [1.54, 1.807) is 11.3 Å². The standard InChI is InChI=1S/C19H27N3O2S/c1-14(2)21-19(18-5-4-12-25-18)20-13-16(17-7-6-15(3)24-17)22-8-10-23-11-9-22/h4-7,12,14,16H,8-11,13H2,1-3H3,(H,20,21)/t16-/m1/s1. The van der Waals surface area contributed by atoms with Crippen molar-refractivity contribution in [1.29, 1.82) is 0 Å². The van der Waals surface area contributed by atoms with Crippen molar-refractivity contribution < 1.29 is 9.15 Å². The number of ether oxygens (including phenoxy) is 1. The zero-order valence-electron chi connectivity index (χ0n) is 15.2. The van der Waals surface area contributed by atoms with Crippen LogP contribution in [0.2, 0.25) is 0 Å². The van der Waals surface area contributed by atoms with Crippen molar-refractivity contribution in [2.75, 3.05) is 32.8 Å². The van der Waals surface area contributed by atoms with Gasteiger partial charge in [0.05, 0.1) is 30.7 Å². The van der Waals surface area contributed by atoms with E-state index in [0.29, 0.717) is 12.6 Å². The van der Waals surface area contributed by atoms with Crippen LogP contribution in [-0.2, 0) is 4.74 Å². The Morgan fingerprint density at radius 1 is 1.28 bits per heavy atom. The molecule has 136 valence electrons.